The molecular weight excluding hydrogens is 172 g/mol. The molecule has 3 N–H and O–H groups in total. The second kappa shape index (κ2) is 4.01. The van der Waals surface area contributed by atoms with Gasteiger partial charge in [-0.25, -0.2) is 0 Å². The predicted octanol–water partition coefficient (Wildman–Crippen LogP) is 2.01. The average Bonchev–Trinajstić information content (AvgIpc) is 2.82. The number of benzene rings is 1. The van der Waals surface area contributed by atoms with Crippen LogP contribution in [0.3, 0.4) is 0 Å². The highest BCUT2D eigenvalue weighted by Crippen LogP contribution is 2.36. The number of rotatable bonds is 4. The third-order valence-corrected chi connectivity index (χ3v) is 2.96. The third kappa shape index (κ3) is 2.48. The molecule has 2 unspecified atom stereocenters. The van der Waals surface area contributed by atoms with Gasteiger partial charge < -0.3 is 11.1 Å². The van der Waals surface area contributed by atoms with Crippen LogP contribution in [0.5, 0.6) is 0 Å². The summed E-state index contributed by atoms with van der Waals surface area (Å²) in [7, 11) is 0. The van der Waals surface area contributed by atoms with E-state index in [1.807, 2.05) is 18.2 Å². The van der Waals surface area contributed by atoms with Gasteiger partial charge in [0.1, 0.15) is 0 Å². The van der Waals surface area contributed by atoms with Crippen LogP contribution >= 0.6 is 0 Å². The fraction of sp³-hybridized carbons (Fsp3) is 0.500. The molecule has 14 heavy (non-hydrogen) atoms. The van der Waals surface area contributed by atoms with Crippen molar-refractivity contribution in [2.75, 3.05) is 12.3 Å². The number of anilines is 1. The molecule has 0 aliphatic heterocycles. The summed E-state index contributed by atoms with van der Waals surface area (Å²) in [5.74, 6) is 1.85. The molecule has 0 bridgehead atoms. The van der Waals surface area contributed by atoms with Gasteiger partial charge in [-0.1, -0.05) is 19.1 Å². The van der Waals surface area contributed by atoms with E-state index in [0.29, 0.717) is 0 Å². The van der Waals surface area contributed by atoms with Gasteiger partial charge in [0, 0.05) is 12.2 Å². The highest BCUT2D eigenvalue weighted by molar-refractivity contribution is 5.40. The first-order chi connectivity index (χ1) is 6.75. The largest absolute Gasteiger partial charge is 0.399 e. The van der Waals surface area contributed by atoms with Crippen LogP contribution in [-0.2, 0) is 6.54 Å². The van der Waals surface area contributed by atoms with E-state index in [9.17, 15) is 0 Å². The first-order valence-electron chi connectivity index (χ1n) is 5.31. The van der Waals surface area contributed by atoms with Crippen LogP contribution < -0.4 is 11.1 Å². The van der Waals surface area contributed by atoms with Crippen LogP contribution in [0.1, 0.15) is 18.9 Å². The standard InChI is InChI=1S/C12H18N2/c1-9-5-11(9)8-14-7-10-3-2-4-12(13)6-10/h2-4,6,9,11,14H,5,7-8,13H2,1H3. The summed E-state index contributed by atoms with van der Waals surface area (Å²) in [6.45, 7) is 4.40. The maximum absolute atomic E-state index is 5.70. The lowest BCUT2D eigenvalue weighted by Gasteiger charge is -2.04. The molecular formula is C12H18N2. The van der Waals surface area contributed by atoms with E-state index in [2.05, 4.69) is 18.3 Å². The van der Waals surface area contributed by atoms with Crippen LogP contribution in [0.15, 0.2) is 24.3 Å². The highest BCUT2D eigenvalue weighted by atomic mass is 14.9. The number of hydrogen-bond donors (Lipinski definition) is 2. The smallest absolute Gasteiger partial charge is 0.0317 e. The van der Waals surface area contributed by atoms with Gasteiger partial charge in [-0.05, 0) is 42.5 Å². The molecule has 2 atom stereocenters. The minimum Gasteiger partial charge on any atom is -0.399 e. The van der Waals surface area contributed by atoms with Gasteiger partial charge in [0.05, 0.1) is 0 Å². The minimum atomic E-state index is 0.851. The molecule has 0 aromatic heterocycles. The summed E-state index contributed by atoms with van der Waals surface area (Å²) < 4.78 is 0. The summed E-state index contributed by atoms with van der Waals surface area (Å²) in [6, 6.07) is 8.07. The van der Waals surface area contributed by atoms with Gasteiger partial charge in [0.25, 0.3) is 0 Å². The van der Waals surface area contributed by atoms with E-state index in [0.717, 1.165) is 30.6 Å². The van der Waals surface area contributed by atoms with Crippen molar-refractivity contribution in [2.45, 2.75) is 19.9 Å². The minimum absolute atomic E-state index is 0.851. The molecule has 1 aliphatic carbocycles. The van der Waals surface area contributed by atoms with Gasteiger partial charge in [-0.3, -0.25) is 0 Å². The Morgan fingerprint density at radius 3 is 2.93 bits per heavy atom. The summed E-state index contributed by atoms with van der Waals surface area (Å²) in [6.07, 6.45) is 1.39. The van der Waals surface area contributed by atoms with Gasteiger partial charge in [0.2, 0.25) is 0 Å². The highest BCUT2D eigenvalue weighted by Gasteiger charge is 2.31. The van der Waals surface area contributed by atoms with Gasteiger partial charge in [-0.2, -0.15) is 0 Å². The molecule has 2 heteroatoms. The molecule has 2 rings (SSSR count). The summed E-state index contributed by atoms with van der Waals surface area (Å²) in [4.78, 5) is 0. The number of nitrogens with one attached hydrogen (secondary N) is 1. The van der Waals surface area contributed by atoms with Crippen LogP contribution in [0.25, 0.3) is 0 Å². The number of nitrogens with two attached hydrogens (primary N) is 1. The van der Waals surface area contributed by atoms with Crippen molar-refractivity contribution in [3.63, 3.8) is 0 Å². The Hall–Kier alpha value is -1.02. The zero-order valence-corrected chi connectivity index (χ0v) is 8.66. The Bertz CT molecular complexity index is 309. The lowest BCUT2D eigenvalue weighted by molar-refractivity contribution is 0.612. The quantitative estimate of drug-likeness (QED) is 0.713. The Morgan fingerprint density at radius 2 is 2.29 bits per heavy atom. The Balaban J connectivity index is 1.74. The van der Waals surface area contributed by atoms with Gasteiger partial charge >= 0.3 is 0 Å². The van der Waals surface area contributed by atoms with Crippen molar-refractivity contribution in [3.8, 4) is 0 Å². The summed E-state index contributed by atoms with van der Waals surface area (Å²) >= 11 is 0. The van der Waals surface area contributed by atoms with Crippen LogP contribution in [0, 0.1) is 11.8 Å². The molecule has 1 aromatic carbocycles. The zero-order valence-electron chi connectivity index (χ0n) is 8.66. The third-order valence-electron chi connectivity index (χ3n) is 2.96. The van der Waals surface area contributed by atoms with E-state index < -0.39 is 0 Å². The van der Waals surface area contributed by atoms with E-state index in [1.165, 1.54) is 12.0 Å². The lowest BCUT2D eigenvalue weighted by Crippen LogP contribution is -2.16. The Morgan fingerprint density at radius 1 is 1.50 bits per heavy atom. The fourth-order valence-corrected chi connectivity index (χ4v) is 1.79. The first kappa shape index (κ1) is 9.53. The maximum Gasteiger partial charge on any atom is 0.0317 e. The molecule has 0 radical (unpaired) electrons. The molecule has 1 saturated carbocycles. The molecule has 0 heterocycles. The zero-order chi connectivity index (χ0) is 9.97. The molecule has 1 fully saturated rings. The number of hydrogen-bond acceptors (Lipinski definition) is 2. The average molecular weight is 190 g/mol. The molecule has 0 spiro atoms. The molecule has 1 aromatic rings. The van der Waals surface area contributed by atoms with Crippen molar-refractivity contribution in [3.05, 3.63) is 29.8 Å². The fourth-order valence-electron chi connectivity index (χ4n) is 1.79. The second-order valence-electron chi connectivity index (χ2n) is 4.35. The van der Waals surface area contributed by atoms with E-state index in [-0.39, 0.29) is 0 Å². The summed E-state index contributed by atoms with van der Waals surface area (Å²) in [5.41, 5.74) is 7.82. The summed E-state index contributed by atoms with van der Waals surface area (Å²) in [5, 5.41) is 3.47. The molecule has 76 valence electrons. The molecule has 0 amide bonds. The molecule has 2 nitrogen and oxygen atoms in total. The van der Waals surface area contributed by atoms with E-state index >= 15 is 0 Å². The maximum atomic E-state index is 5.70. The molecule has 0 saturated heterocycles. The van der Waals surface area contributed by atoms with Crippen molar-refractivity contribution in [1.82, 2.24) is 5.32 Å². The Kier molecular flexibility index (Phi) is 2.73. The van der Waals surface area contributed by atoms with Crippen LogP contribution in [0.4, 0.5) is 5.69 Å². The van der Waals surface area contributed by atoms with Gasteiger partial charge in [-0.15, -0.1) is 0 Å². The van der Waals surface area contributed by atoms with Crippen LogP contribution in [-0.4, -0.2) is 6.54 Å². The topological polar surface area (TPSA) is 38.0 Å². The van der Waals surface area contributed by atoms with E-state index in [4.69, 9.17) is 5.73 Å². The van der Waals surface area contributed by atoms with Gasteiger partial charge in [0.15, 0.2) is 0 Å². The second-order valence-corrected chi connectivity index (χ2v) is 4.35. The first-order valence-corrected chi connectivity index (χ1v) is 5.31. The monoisotopic (exact) mass is 190 g/mol. The van der Waals surface area contributed by atoms with Crippen molar-refractivity contribution in [2.24, 2.45) is 11.8 Å². The SMILES string of the molecule is CC1CC1CNCc1cccc(N)c1. The lowest BCUT2D eigenvalue weighted by atomic mass is 10.2. The van der Waals surface area contributed by atoms with Crippen molar-refractivity contribution >= 4 is 5.69 Å². The normalized spacial score (nSPS) is 24.9. The number of nitrogen functional groups attached to an aromatic ring is 1. The predicted molar refractivity (Wildman–Crippen MR) is 59.8 cm³/mol. The van der Waals surface area contributed by atoms with Crippen molar-refractivity contribution < 1.29 is 0 Å². The Labute approximate surface area is 85.5 Å². The molecule has 1 aliphatic rings. The van der Waals surface area contributed by atoms with E-state index in [1.54, 1.807) is 0 Å². The van der Waals surface area contributed by atoms with Crippen molar-refractivity contribution in [1.29, 1.82) is 0 Å². The van der Waals surface area contributed by atoms with Crippen LogP contribution in [0.2, 0.25) is 0 Å².